The number of amides is 1. The number of hydrogen-bond acceptors (Lipinski definition) is 4. The smallest absolute Gasteiger partial charge is 0.264 e. The van der Waals surface area contributed by atoms with Crippen molar-refractivity contribution in [1.82, 2.24) is 0 Å². The van der Waals surface area contributed by atoms with E-state index in [2.05, 4.69) is 11.9 Å². The van der Waals surface area contributed by atoms with Gasteiger partial charge in [0.25, 0.3) is 10.0 Å². The molecular weight excluding hydrogens is 483 g/mol. The molecule has 0 aliphatic carbocycles. The van der Waals surface area contributed by atoms with Gasteiger partial charge in [0.05, 0.1) is 10.6 Å². The van der Waals surface area contributed by atoms with E-state index in [1.807, 2.05) is 6.92 Å². The van der Waals surface area contributed by atoms with Gasteiger partial charge < -0.3 is 10.1 Å². The summed E-state index contributed by atoms with van der Waals surface area (Å²) in [6, 6.07) is 17.5. The summed E-state index contributed by atoms with van der Waals surface area (Å²) < 4.78 is 33.4. The van der Waals surface area contributed by atoms with Crippen LogP contribution in [0.25, 0.3) is 0 Å². The number of sulfonamides is 1. The molecule has 0 aromatic heterocycles. The Morgan fingerprint density at radius 1 is 1.06 bits per heavy atom. The molecule has 3 rings (SSSR count). The summed E-state index contributed by atoms with van der Waals surface area (Å²) in [6.45, 7) is 5.27. The normalized spacial score (nSPS) is 11.0. The molecule has 0 spiro atoms. The molecule has 0 aliphatic heterocycles. The highest BCUT2D eigenvalue weighted by Gasteiger charge is 2.28. The molecule has 33 heavy (non-hydrogen) atoms. The highest BCUT2D eigenvalue weighted by Crippen LogP contribution is 2.30. The molecule has 0 atom stereocenters. The zero-order valence-corrected chi connectivity index (χ0v) is 20.1. The van der Waals surface area contributed by atoms with Crippen molar-refractivity contribution in [3.63, 3.8) is 0 Å². The summed E-state index contributed by atoms with van der Waals surface area (Å²) in [7, 11) is -4.09. The number of rotatable bonds is 9. The molecule has 6 nitrogen and oxygen atoms in total. The maximum atomic E-state index is 13.5. The van der Waals surface area contributed by atoms with Gasteiger partial charge in [0, 0.05) is 21.8 Å². The van der Waals surface area contributed by atoms with Gasteiger partial charge in [0.2, 0.25) is 5.91 Å². The number of hydrogen-bond donors (Lipinski definition) is 1. The summed E-state index contributed by atoms with van der Waals surface area (Å²) in [5, 5.41) is 3.19. The number of carbonyl (C=O) groups is 1. The molecule has 1 amide bonds. The van der Waals surface area contributed by atoms with Gasteiger partial charge in [0.1, 0.15) is 18.9 Å². The zero-order valence-electron chi connectivity index (χ0n) is 17.8. The van der Waals surface area contributed by atoms with Crippen LogP contribution in [0.3, 0.4) is 0 Å². The maximum Gasteiger partial charge on any atom is 0.264 e. The first-order valence-corrected chi connectivity index (χ1v) is 12.1. The molecule has 1 N–H and O–H groups in total. The van der Waals surface area contributed by atoms with Gasteiger partial charge in [-0.1, -0.05) is 59.6 Å². The lowest BCUT2D eigenvalue weighted by molar-refractivity contribution is -0.114. The number of carbonyl (C=O) groups excluding carboxylic acids is 1. The number of benzene rings is 3. The fourth-order valence-corrected chi connectivity index (χ4v) is 4.90. The third kappa shape index (κ3) is 6.51. The third-order valence-electron chi connectivity index (χ3n) is 4.52. The lowest BCUT2D eigenvalue weighted by Gasteiger charge is -2.24. The van der Waals surface area contributed by atoms with Crippen molar-refractivity contribution in [2.45, 2.75) is 11.8 Å². The lowest BCUT2D eigenvalue weighted by atomic mass is 10.2. The van der Waals surface area contributed by atoms with Crippen LogP contribution in [0.15, 0.2) is 84.3 Å². The minimum absolute atomic E-state index is 0.0387. The molecule has 0 aliphatic rings. The Morgan fingerprint density at radius 3 is 2.36 bits per heavy atom. The van der Waals surface area contributed by atoms with Gasteiger partial charge in [0.15, 0.2) is 0 Å². The van der Waals surface area contributed by atoms with E-state index in [9.17, 15) is 13.2 Å². The van der Waals surface area contributed by atoms with E-state index in [1.165, 1.54) is 30.3 Å². The molecule has 0 fully saturated rings. The van der Waals surface area contributed by atoms with Gasteiger partial charge in [-0.05, 0) is 49.4 Å². The van der Waals surface area contributed by atoms with Crippen LogP contribution in [0.4, 0.5) is 11.4 Å². The van der Waals surface area contributed by atoms with Gasteiger partial charge in [-0.2, -0.15) is 0 Å². The van der Waals surface area contributed by atoms with E-state index >= 15 is 0 Å². The van der Waals surface area contributed by atoms with Crippen molar-refractivity contribution in [2.24, 2.45) is 0 Å². The Kier molecular flexibility index (Phi) is 8.02. The summed E-state index contributed by atoms with van der Waals surface area (Å²) in [5.41, 5.74) is 1.53. The van der Waals surface area contributed by atoms with Crippen molar-refractivity contribution in [3.8, 4) is 5.75 Å². The Morgan fingerprint density at radius 2 is 1.73 bits per heavy atom. The summed E-state index contributed by atoms with van der Waals surface area (Å²) >= 11 is 12.2. The van der Waals surface area contributed by atoms with Gasteiger partial charge in [-0.25, -0.2) is 8.42 Å². The Bertz CT molecular complexity index is 1240. The molecular formula is C24H22Cl2N2O4S. The van der Waals surface area contributed by atoms with E-state index < -0.39 is 22.5 Å². The minimum atomic E-state index is -4.09. The number of nitrogens with one attached hydrogen (secondary N) is 1. The molecule has 9 heteroatoms. The Labute approximate surface area is 203 Å². The minimum Gasteiger partial charge on any atom is -0.489 e. The van der Waals surface area contributed by atoms with E-state index in [1.54, 1.807) is 42.5 Å². The first-order chi connectivity index (χ1) is 15.7. The first-order valence-electron chi connectivity index (χ1n) is 9.88. The molecule has 0 heterocycles. The zero-order chi connectivity index (χ0) is 24.0. The summed E-state index contributed by atoms with van der Waals surface area (Å²) in [4.78, 5) is 12.9. The molecule has 0 unspecified atom stereocenters. The number of halogens is 2. The van der Waals surface area contributed by atoms with Crippen LogP contribution in [0.5, 0.6) is 5.75 Å². The average molecular weight is 505 g/mol. The van der Waals surface area contributed by atoms with Crippen LogP contribution >= 0.6 is 23.2 Å². The Balaban J connectivity index is 1.92. The predicted molar refractivity (Wildman–Crippen MR) is 133 cm³/mol. The fraction of sp³-hybridized carbons (Fsp3) is 0.125. The van der Waals surface area contributed by atoms with Crippen molar-refractivity contribution < 1.29 is 17.9 Å². The lowest BCUT2D eigenvalue weighted by Crippen LogP contribution is -2.38. The summed E-state index contributed by atoms with van der Waals surface area (Å²) in [5.74, 6) is -0.0129. The molecule has 0 saturated heterocycles. The van der Waals surface area contributed by atoms with E-state index in [0.717, 1.165) is 9.87 Å². The highest BCUT2D eigenvalue weighted by atomic mass is 35.5. The number of nitrogens with zero attached hydrogens (tertiary/aromatic N) is 1. The molecule has 3 aromatic rings. The van der Waals surface area contributed by atoms with E-state index in [4.69, 9.17) is 27.9 Å². The standard InChI is InChI=1S/C24H22Cl2N2O4S/c1-3-11-32-22-6-4-5-20(15-22)27-24(29)16-28(21-13-18(25)12-19(26)14-21)33(30,31)23-9-7-17(2)8-10-23/h3-10,12-15H,1,11,16H2,2H3,(H,27,29). The van der Waals surface area contributed by atoms with Crippen LogP contribution in [0.1, 0.15) is 5.56 Å². The van der Waals surface area contributed by atoms with Crippen LogP contribution in [0.2, 0.25) is 10.0 Å². The largest absolute Gasteiger partial charge is 0.489 e. The van der Waals surface area contributed by atoms with E-state index in [-0.39, 0.29) is 20.6 Å². The number of aryl methyl sites for hydroxylation is 1. The average Bonchev–Trinajstić information content (AvgIpc) is 2.76. The SMILES string of the molecule is C=CCOc1cccc(NC(=O)CN(c2cc(Cl)cc(Cl)c2)S(=O)(=O)c2ccc(C)cc2)c1. The van der Waals surface area contributed by atoms with E-state index in [0.29, 0.717) is 18.0 Å². The molecule has 0 radical (unpaired) electrons. The number of ether oxygens (including phenoxy) is 1. The van der Waals surface area contributed by atoms with Crippen LogP contribution in [0, 0.1) is 6.92 Å². The second-order valence-electron chi connectivity index (χ2n) is 7.13. The highest BCUT2D eigenvalue weighted by molar-refractivity contribution is 7.92. The van der Waals surface area contributed by atoms with Gasteiger partial charge >= 0.3 is 0 Å². The second kappa shape index (κ2) is 10.7. The van der Waals surface area contributed by atoms with Crippen LogP contribution in [-0.4, -0.2) is 27.5 Å². The predicted octanol–water partition coefficient (Wildman–Crippen LogP) is 5.70. The molecule has 0 saturated carbocycles. The van der Waals surface area contributed by atoms with Crippen molar-refractivity contribution in [1.29, 1.82) is 0 Å². The first kappa shape index (κ1) is 24.6. The third-order valence-corrected chi connectivity index (χ3v) is 6.74. The molecule has 0 bridgehead atoms. The quantitative estimate of drug-likeness (QED) is 0.379. The Hall–Kier alpha value is -3.00. The second-order valence-corrected chi connectivity index (χ2v) is 9.86. The monoisotopic (exact) mass is 504 g/mol. The molecule has 172 valence electrons. The summed E-state index contributed by atoms with van der Waals surface area (Å²) in [6.07, 6.45) is 1.61. The maximum absolute atomic E-state index is 13.5. The van der Waals surface area contributed by atoms with Gasteiger partial charge in [-0.3, -0.25) is 9.10 Å². The van der Waals surface area contributed by atoms with Crippen molar-refractivity contribution >= 4 is 50.5 Å². The van der Waals surface area contributed by atoms with Crippen molar-refractivity contribution in [3.05, 3.63) is 95.0 Å². The van der Waals surface area contributed by atoms with Crippen LogP contribution < -0.4 is 14.4 Å². The van der Waals surface area contributed by atoms with Gasteiger partial charge in [-0.15, -0.1) is 0 Å². The molecule has 3 aromatic carbocycles. The van der Waals surface area contributed by atoms with Crippen LogP contribution in [-0.2, 0) is 14.8 Å². The fourth-order valence-electron chi connectivity index (χ4n) is 2.99. The topological polar surface area (TPSA) is 75.7 Å². The van der Waals surface area contributed by atoms with Crippen molar-refractivity contribution in [2.75, 3.05) is 22.8 Å². The number of anilines is 2.